The average Bonchev–Trinajstić information content (AvgIpc) is 3.18. The molecule has 2 aromatic heterocycles. The highest BCUT2D eigenvalue weighted by Gasteiger charge is 2.24. The van der Waals surface area contributed by atoms with Crippen molar-refractivity contribution in [3.05, 3.63) is 12.5 Å². The number of fused-ring (bicyclic) bond motifs is 1. The van der Waals surface area contributed by atoms with Gasteiger partial charge in [-0.2, -0.15) is 5.10 Å². The Morgan fingerprint density at radius 1 is 1.24 bits per heavy atom. The van der Waals surface area contributed by atoms with Crippen molar-refractivity contribution in [2.75, 3.05) is 44.2 Å². The zero-order valence-electron chi connectivity index (χ0n) is 12.0. The first-order valence-electron chi connectivity index (χ1n) is 7.63. The first-order chi connectivity index (χ1) is 10.4. The van der Waals surface area contributed by atoms with Crippen LogP contribution in [0.4, 0.5) is 5.82 Å². The maximum atomic E-state index is 5.73. The molecule has 7 heteroatoms. The van der Waals surface area contributed by atoms with Gasteiger partial charge in [-0.25, -0.2) is 9.97 Å². The van der Waals surface area contributed by atoms with Crippen LogP contribution in [0.25, 0.3) is 11.0 Å². The fourth-order valence-electron chi connectivity index (χ4n) is 3.22. The van der Waals surface area contributed by atoms with Gasteiger partial charge in [0, 0.05) is 39.3 Å². The lowest BCUT2D eigenvalue weighted by atomic mass is 10.2. The third-order valence-corrected chi connectivity index (χ3v) is 4.38. The molecule has 2 fully saturated rings. The van der Waals surface area contributed by atoms with E-state index in [9.17, 15) is 0 Å². The number of anilines is 1. The monoisotopic (exact) mass is 288 g/mol. The topological polar surface area (TPSA) is 70.2 Å². The third-order valence-electron chi connectivity index (χ3n) is 4.38. The maximum Gasteiger partial charge on any atom is 0.160 e. The first-order valence-corrected chi connectivity index (χ1v) is 7.63. The van der Waals surface area contributed by atoms with Crippen LogP contribution in [-0.4, -0.2) is 70.5 Å². The summed E-state index contributed by atoms with van der Waals surface area (Å²) < 4.78 is 5.73. The molecule has 2 saturated heterocycles. The smallest absolute Gasteiger partial charge is 0.160 e. The molecule has 0 spiro atoms. The number of ether oxygens (including phenoxy) is 1. The van der Waals surface area contributed by atoms with E-state index >= 15 is 0 Å². The normalized spacial score (nSPS) is 24.0. The molecule has 4 rings (SSSR count). The van der Waals surface area contributed by atoms with Gasteiger partial charge in [0.15, 0.2) is 5.65 Å². The first kappa shape index (κ1) is 13.0. The number of nitrogens with one attached hydrogen (secondary N) is 1. The number of hydrogen-bond acceptors (Lipinski definition) is 6. The van der Waals surface area contributed by atoms with E-state index in [1.165, 1.54) is 12.8 Å². The molecule has 21 heavy (non-hydrogen) atoms. The predicted molar refractivity (Wildman–Crippen MR) is 79.3 cm³/mol. The molecule has 2 aliphatic heterocycles. The summed E-state index contributed by atoms with van der Waals surface area (Å²) in [7, 11) is 0. The van der Waals surface area contributed by atoms with Gasteiger partial charge in [-0.15, -0.1) is 0 Å². The van der Waals surface area contributed by atoms with E-state index < -0.39 is 0 Å². The molecular formula is C14H20N6O. The number of rotatable bonds is 3. The molecule has 112 valence electrons. The number of nitrogens with zero attached hydrogens (tertiary/aromatic N) is 5. The van der Waals surface area contributed by atoms with Gasteiger partial charge in [-0.05, 0) is 12.8 Å². The van der Waals surface area contributed by atoms with Gasteiger partial charge in [0.2, 0.25) is 0 Å². The summed E-state index contributed by atoms with van der Waals surface area (Å²) in [5.74, 6) is 0.991. The summed E-state index contributed by atoms with van der Waals surface area (Å²) in [6.45, 7) is 6.10. The Bertz CT molecular complexity index is 600. The van der Waals surface area contributed by atoms with Crippen LogP contribution >= 0.6 is 0 Å². The number of piperazine rings is 1. The Hall–Kier alpha value is -1.73. The second kappa shape index (κ2) is 5.57. The zero-order chi connectivity index (χ0) is 14.1. The quantitative estimate of drug-likeness (QED) is 0.894. The van der Waals surface area contributed by atoms with Crippen molar-refractivity contribution in [3.8, 4) is 0 Å². The second-order valence-corrected chi connectivity index (χ2v) is 5.75. The van der Waals surface area contributed by atoms with Crippen LogP contribution in [0, 0.1) is 0 Å². The number of H-pyrrole nitrogens is 1. The molecule has 2 aliphatic rings. The van der Waals surface area contributed by atoms with Crippen molar-refractivity contribution in [2.45, 2.75) is 18.9 Å². The van der Waals surface area contributed by atoms with Gasteiger partial charge in [0.25, 0.3) is 0 Å². The average molecular weight is 288 g/mol. The summed E-state index contributed by atoms with van der Waals surface area (Å²) in [5.41, 5.74) is 0.807. The Kier molecular flexibility index (Phi) is 3.44. The van der Waals surface area contributed by atoms with Gasteiger partial charge in [0.05, 0.1) is 17.7 Å². The van der Waals surface area contributed by atoms with Gasteiger partial charge < -0.3 is 9.64 Å². The minimum Gasteiger partial charge on any atom is -0.377 e. The van der Waals surface area contributed by atoms with E-state index in [2.05, 4.69) is 30.0 Å². The highest BCUT2D eigenvalue weighted by molar-refractivity contribution is 5.86. The lowest BCUT2D eigenvalue weighted by Gasteiger charge is -2.36. The van der Waals surface area contributed by atoms with E-state index in [-0.39, 0.29) is 0 Å². The van der Waals surface area contributed by atoms with Crippen LogP contribution in [0.3, 0.4) is 0 Å². The largest absolute Gasteiger partial charge is 0.377 e. The standard InChI is InChI=1S/C14H20N6O/c1-2-11(21-7-1)9-19-3-5-20(6-4-19)14-12-8-17-18-13(12)15-10-16-14/h8,10-11H,1-7,9H2,(H,15,16,17,18). The third kappa shape index (κ3) is 2.58. The van der Waals surface area contributed by atoms with Crippen molar-refractivity contribution in [3.63, 3.8) is 0 Å². The van der Waals surface area contributed by atoms with Gasteiger partial charge in [-0.1, -0.05) is 0 Å². The molecule has 1 atom stereocenters. The van der Waals surface area contributed by atoms with Crippen LogP contribution < -0.4 is 4.90 Å². The lowest BCUT2D eigenvalue weighted by molar-refractivity contribution is 0.0712. The molecule has 0 amide bonds. The zero-order valence-corrected chi connectivity index (χ0v) is 12.0. The van der Waals surface area contributed by atoms with E-state index in [4.69, 9.17) is 4.74 Å². The van der Waals surface area contributed by atoms with Gasteiger partial charge in [0.1, 0.15) is 12.1 Å². The van der Waals surface area contributed by atoms with Gasteiger partial charge in [-0.3, -0.25) is 10.00 Å². The van der Waals surface area contributed by atoms with Crippen LogP contribution in [0.15, 0.2) is 12.5 Å². The number of hydrogen-bond donors (Lipinski definition) is 1. The van der Waals surface area contributed by atoms with Crippen molar-refractivity contribution >= 4 is 16.9 Å². The summed E-state index contributed by atoms with van der Waals surface area (Å²) in [5, 5.41) is 7.97. The van der Waals surface area contributed by atoms with Crippen molar-refractivity contribution in [2.24, 2.45) is 0 Å². The molecule has 2 aromatic rings. The molecule has 0 bridgehead atoms. The van der Waals surface area contributed by atoms with Crippen molar-refractivity contribution in [1.82, 2.24) is 25.1 Å². The summed E-state index contributed by atoms with van der Waals surface area (Å²) in [4.78, 5) is 13.5. The van der Waals surface area contributed by atoms with E-state index in [0.29, 0.717) is 6.10 Å². The molecule has 0 aliphatic carbocycles. The predicted octanol–water partition coefficient (Wildman–Crippen LogP) is 0.654. The Morgan fingerprint density at radius 3 is 2.95 bits per heavy atom. The second-order valence-electron chi connectivity index (χ2n) is 5.75. The minimum absolute atomic E-state index is 0.441. The van der Waals surface area contributed by atoms with E-state index in [1.54, 1.807) is 6.33 Å². The Labute approximate surface area is 123 Å². The van der Waals surface area contributed by atoms with Gasteiger partial charge >= 0.3 is 0 Å². The fourth-order valence-corrected chi connectivity index (χ4v) is 3.22. The van der Waals surface area contributed by atoms with Crippen LogP contribution in [-0.2, 0) is 4.74 Å². The molecular weight excluding hydrogens is 268 g/mol. The van der Waals surface area contributed by atoms with Crippen LogP contribution in [0.2, 0.25) is 0 Å². The summed E-state index contributed by atoms with van der Waals surface area (Å²) in [6.07, 6.45) is 6.28. The lowest BCUT2D eigenvalue weighted by Crippen LogP contribution is -2.48. The fraction of sp³-hybridized carbons (Fsp3) is 0.643. The Morgan fingerprint density at radius 2 is 2.14 bits per heavy atom. The van der Waals surface area contributed by atoms with E-state index in [0.717, 1.165) is 56.2 Å². The molecule has 0 radical (unpaired) electrons. The van der Waals surface area contributed by atoms with Crippen LogP contribution in [0.1, 0.15) is 12.8 Å². The molecule has 7 nitrogen and oxygen atoms in total. The van der Waals surface area contributed by atoms with Crippen molar-refractivity contribution in [1.29, 1.82) is 0 Å². The van der Waals surface area contributed by atoms with E-state index in [1.807, 2.05) is 6.20 Å². The highest BCUT2D eigenvalue weighted by Crippen LogP contribution is 2.22. The van der Waals surface area contributed by atoms with Crippen LogP contribution in [0.5, 0.6) is 0 Å². The molecule has 4 heterocycles. The summed E-state index contributed by atoms with van der Waals surface area (Å²) >= 11 is 0. The molecule has 1 unspecified atom stereocenters. The van der Waals surface area contributed by atoms with Crippen molar-refractivity contribution < 1.29 is 4.74 Å². The summed E-state index contributed by atoms with van der Waals surface area (Å²) in [6, 6.07) is 0. The number of aromatic nitrogens is 4. The number of aromatic amines is 1. The molecule has 0 aromatic carbocycles. The highest BCUT2D eigenvalue weighted by atomic mass is 16.5. The maximum absolute atomic E-state index is 5.73. The Balaban J connectivity index is 1.41. The minimum atomic E-state index is 0.441. The SMILES string of the molecule is c1nc(N2CCN(CC3CCCO3)CC2)c2cn[nH]c2n1. The molecule has 1 N–H and O–H groups in total. The molecule has 0 saturated carbocycles.